The summed E-state index contributed by atoms with van der Waals surface area (Å²) in [4.78, 5) is 32.1. The third kappa shape index (κ3) is 8.14. The van der Waals surface area contributed by atoms with Crippen LogP contribution in [0.1, 0.15) is 70.0 Å². The summed E-state index contributed by atoms with van der Waals surface area (Å²) in [5.41, 5.74) is 5.91. The van der Waals surface area contributed by atoms with Gasteiger partial charge in [-0.3, -0.25) is 14.7 Å². The van der Waals surface area contributed by atoms with E-state index in [1.54, 1.807) is 24.3 Å². The lowest BCUT2D eigenvalue weighted by molar-refractivity contribution is -0.141. The zero-order chi connectivity index (χ0) is 29.5. The van der Waals surface area contributed by atoms with Crippen LogP contribution in [-0.2, 0) is 30.2 Å². The number of aromatic nitrogens is 4. The smallest absolute Gasteiger partial charge is 0.378 e. The Morgan fingerprint density at radius 2 is 1.98 bits per heavy atom. The van der Waals surface area contributed by atoms with E-state index < -0.39 is 23.3 Å². The fourth-order valence-corrected chi connectivity index (χ4v) is 3.85. The fourth-order valence-electron chi connectivity index (χ4n) is 3.85. The molecule has 0 atom stereocenters. The second-order valence-corrected chi connectivity index (χ2v) is 9.77. The highest BCUT2D eigenvalue weighted by atomic mass is 19.4. The first-order chi connectivity index (χ1) is 18.8. The van der Waals surface area contributed by atoms with Crippen LogP contribution in [0.2, 0.25) is 0 Å². The number of nitrogens with two attached hydrogens (primary N) is 1. The number of aromatic amines is 2. The molecule has 0 aliphatic carbocycles. The van der Waals surface area contributed by atoms with Gasteiger partial charge in [0.15, 0.2) is 11.5 Å². The van der Waals surface area contributed by atoms with E-state index in [2.05, 4.69) is 30.8 Å². The summed E-state index contributed by atoms with van der Waals surface area (Å²) in [6, 6.07) is 6.63. The second-order valence-electron chi connectivity index (χ2n) is 9.77. The van der Waals surface area contributed by atoms with Crippen LogP contribution in [0.4, 0.5) is 18.9 Å². The number of imidazole rings is 1. The number of rotatable bonds is 12. The molecule has 0 spiro atoms. The Balaban J connectivity index is 1.65. The van der Waals surface area contributed by atoms with Gasteiger partial charge >= 0.3 is 6.18 Å². The maximum absolute atomic E-state index is 13.4. The van der Waals surface area contributed by atoms with Crippen molar-refractivity contribution in [1.82, 2.24) is 25.5 Å². The fraction of sp³-hybridized carbons (Fsp3) is 0.423. The summed E-state index contributed by atoms with van der Waals surface area (Å²) in [6.07, 6.45) is -3.49. The Labute approximate surface area is 228 Å². The standard InChI is InChI=1S/C26H31F3N8O3/c1-4-15-11-16(5-6-18(15)23(38)32-9-10-40-14-25(2,3)31)35-24(39)22-33-13-17(34-22)12-19-20(7-8-30)36-37-21(19)26(27,28)29/h5-6,11,13H,4,7,9-10,12,14,31H2,1-3H3,(H,32,38)(H,33,34)(H,35,39)(H,36,37). The average Bonchev–Trinajstić information content (AvgIpc) is 3.51. The molecule has 6 N–H and O–H groups in total. The lowest BCUT2D eigenvalue weighted by atomic mass is 10.0. The van der Waals surface area contributed by atoms with Gasteiger partial charge in [-0.15, -0.1) is 0 Å². The van der Waals surface area contributed by atoms with Crippen LogP contribution < -0.4 is 16.4 Å². The van der Waals surface area contributed by atoms with Crippen molar-refractivity contribution < 1.29 is 27.5 Å². The largest absolute Gasteiger partial charge is 0.435 e. The SMILES string of the molecule is CCc1cc(NC(=O)c2ncc(Cc3c(C(F)(F)F)n[nH]c3CC#N)[nH]2)ccc1C(=O)NCCOCC(C)(C)N. The van der Waals surface area contributed by atoms with Crippen molar-refractivity contribution in [3.8, 4) is 6.07 Å². The molecule has 3 aromatic rings. The van der Waals surface area contributed by atoms with E-state index >= 15 is 0 Å². The van der Waals surface area contributed by atoms with Crippen LogP contribution in [0.15, 0.2) is 24.4 Å². The lowest BCUT2D eigenvalue weighted by Gasteiger charge is -2.18. The molecular formula is C26H31F3N8O3. The van der Waals surface area contributed by atoms with Crippen LogP contribution in [0.3, 0.4) is 0 Å². The van der Waals surface area contributed by atoms with Gasteiger partial charge in [-0.25, -0.2) is 4.98 Å². The summed E-state index contributed by atoms with van der Waals surface area (Å²) >= 11 is 0. The number of aryl methyl sites for hydroxylation is 1. The van der Waals surface area contributed by atoms with Crippen LogP contribution in [-0.4, -0.2) is 57.3 Å². The van der Waals surface area contributed by atoms with E-state index in [0.29, 0.717) is 43.0 Å². The van der Waals surface area contributed by atoms with Crippen LogP contribution in [0, 0.1) is 11.3 Å². The van der Waals surface area contributed by atoms with Gasteiger partial charge in [0.2, 0.25) is 0 Å². The van der Waals surface area contributed by atoms with Crippen molar-refractivity contribution >= 4 is 17.5 Å². The molecule has 1 aromatic carbocycles. The molecule has 0 fully saturated rings. The molecule has 0 bridgehead atoms. The molecule has 0 aliphatic rings. The number of ether oxygens (including phenoxy) is 1. The third-order valence-corrected chi connectivity index (χ3v) is 5.68. The number of carbonyl (C=O) groups is 2. The van der Waals surface area contributed by atoms with E-state index in [0.717, 1.165) is 0 Å². The molecule has 0 saturated carbocycles. The predicted molar refractivity (Wildman–Crippen MR) is 139 cm³/mol. The van der Waals surface area contributed by atoms with Crippen LogP contribution >= 0.6 is 0 Å². The van der Waals surface area contributed by atoms with Gasteiger partial charge in [-0.05, 0) is 44.0 Å². The summed E-state index contributed by atoms with van der Waals surface area (Å²) in [7, 11) is 0. The zero-order valence-electron chi connectivity index (χ0n) is 22.3. The van der Waals surface area contributed by atoms with Gasteiger partial charge in [-0.2, -0.15) is 23.5 Å². The predicted octanol–water partition coefficient (Wildman–Crippen LogP) is 3.11. The summed E-state index contributed by atoms with van der Waals surface area (Å²) in [5, 5.41) is 20.0. The number of benzene rings is 1. The zero-order valence-corrected chi connectivity index (χ0v) is 22.3. The van der Waals surface area contributed by atoms with Crippen molar-refractivity contribution in [3.05, 3.63) is 64.0 Å². The number of halogens is 3. The number of carbonyl (C=O) groups excluding carboxylic acids is 2. The maximum Gasteiger partial charge on any atom is 0.435 e. The molecule has 0 radical (unpaired) electrons. The molecule has 0 aliphatic heterocycles. The van der Waals surface area contributed by atoms with Crippen LogP contribution in [0.25, 0.3) is 0 Å². The van der Waals surface area contributed by atoms with E-state index in [4.69, 9.17) is 15.7 Å². The van der Waals surface area contributed by atoms with E-state index in [9.17, 15) is 22.8 Å². The maximum atomic E-state index is 13.4. The van der Waals surface area contributed by atoms with E-state index in [-0.39, 0.29) is 41.5 Å². The van der Waals surface area contributed by atoms with Gasteiger partial charge in [0, 0.05) is 47.2 Å². The minimum absolute atomic E-state index is 0.0404. The Kier molecular flexibility index (Phi) is 9.67. The number of amides is 2. The molecule has 2 aromatic heterocycles. The summed E-state index contributed by atoms with van der Waals surface area (Å²) in [5.74, 6) is -1.02. The van der Waals surface area contributed by atoms with Crippen molar-refractivity contribution in [2.24, 2.45) is 5.73 Å². The first-order valence-electron chi connectivity index (χ1n) is 12.5. The van der Waals surface area contributed by atoms with Gasteiger partial charge in [0.25, 0.3) is 11.8 Å². The number of hydrogen-bond donors (Lipinski definition) is 5. The molecule has 0 unspecified atom stereocenters. The van der Waals surface area contributed by atoms with Crippen molar-refractivity contribution in [2.45, 2.75) is 51.7 Å². The Morgan fingerprint density at radius 3 is 2.62 bits per heavy atom. The quantitative estimate of drug-likeness (QED) is 0.212. The minimum atomic E-state index is -4.71. The van der Waals surface area contributed by atoms with Gasteiger partial charge < -0.3 is 26.1 Å². The Bertz CT molecular complexity index is 1380. The molecular weight excluding hydrogens is 529 g/mol. The Morgan fingerprint density at radius 1 is 1.23 bits per heavy atom. The number of anilines is 1. The summed E-state index contributed by atoms with van der Waals surface area (Å²) < 4.78 is 45.5. The number of nitrogens with one attached hydrogen (secondary N) is 4. The number of hydrogen-bond acceptors (Lipinski definition) is 7. The average molecular weight is 561 g/mol. The molecule has 14 heteroatoms. The number of alkyl halides is 3. The van der Waals surface area contributed by atoms with Crippen molar-refractivity contribution in [2.75, 3.05) is 25.1 Å². The first-order valence-corrected chi connectivity index (χ1v) is 12.5. The van der Waals surface area contributed by atoms with Crippen molar-refractivity contribution in [1.29, 1.82) is 5.26 Å². The van der Waals surface area contributed by atoms with Gasteiger partial charge in [0.05, 0.1) is 31.4 Å². The molecule has 40 heavy (non-hydrogen) atoms. The highest BCUT2D eigenvalue weighted by molar-refractivity contribution is 6.02. The van der Waals surface area contributed by atoms with Crippen LogP contribution in [0.5, 0.6) is 0 Å². The molecule has 3 rings (SSSR count). The summed E-state index contributed by atoms with van der Waals surface area (Å²) in [6.45, 7) is 6.52. The second kappa shape index (κ2) is 12.8. The topological polar surface area (TPSA) is 175 Å². The minimum Gasteiger partial charge on any atom is -0.378 e. The number of nitrogens with zero attached hydrogens (tertiary/aromatic N) is 3. The normalized spacial score (nSPS) is 11.8. The Hall–Kier alpha value is -4.22. The number of nitriles is 1. The highest BCUT2D eigenvalue weighted by Crippen LogP contribution is 2.33. The highest BCUT2D eigenvalue weighted by Gasteiger charge is 2.38. The third-order valence-electron chi connectivity index (χ3n) is 5.68. The monoisotopic (exact) mass is 560 g/mol. The first kappa shape index (κ1) is 30.3. The molecule has 11 nitrogen and oxygen atoms in total. The van der Waals surface area contributed by atoms with Crippen molar-refractivity contribution in [3.63, 3.8) is 0 Å². The number of H-pyrrole nitrogens is 2. The van der Waals surface area contributed by atoms with E-state index in [1.807, 2.05) is 20.8 Å². The molecule has 0 saturated heterocycles. The van der Waals surface area contributed by atoms with Gasteiger partial charge in [0.1, 0.15) is 0 Å². The molecule has 2 amide bonds. The molecule has 2 heterocycles. The molecule has 214 valence electrons. The van der Waals surface area contributed by atoms with E-state index in [1.165, 1.54) is 6.20 Å². The van der Waals surface area contributed by atoms with Gasteiger partial charge in [-0.1, -0.05) is 6.92 Å². The lowest BCUT2D eigenvalue weighted by Crippen LogP contribution is -2.38.